The fraction of sp³-hybridized carbons (Fsp3) is 1.00. The minimum absolute atomic E-state index is 0.141. The van der Waals surface area contributed by atoms with Gasteiger partial charge in [-0.2, -0.15) is 0 Å². The Morgan fingerprint density at radius 1 is 0.600 bits per heavy atom. The van der Waals surface area contributed by atoms with Gasteiger partial charge in [0.2, 0.25) is 0 Å². The van der Waals surface area contributed by atoms with Crippen LogP contribution < -0.4 is 0 Å². The third kappa shape index (κ3) is 18.9. The number of hydrogen-bond donors (Lipinski definition) is 4. The predicted octanol–water partition coefficient (Wildman–Crippen LogP) is 5.46. The summed E-state index contributed by atoms with van der Waals surface area (Å²) in [7, 11) is -2.49. The zero-order chi connectivity index (χ0) is 22.3. The summed E-state index contributed by atoms with van der Waals surface area (Å²) in [4.78, 5) is 17.7. The maximum atomic E-state index is 9.46. The van der Waals surface area contributed by atoms with Crippen molar-refractivity contribution >= 4 is 8.60 Å². The van der Waals surface area contributed by atoms with Crippen molar-refractivity contribution in [3.63, 3.8) is 0 Å². The summed E-state index contributed by atoms with van der Waals surface area (Å²) in [6.07, 6.45) is 21.2. The van der Waals surface area contributed by atoms with Gasteiger partial charge in [0, 0.05) is 6.61 Å². The quantitative estimate of drug-likeness (QED) is 0.115. The van der Waals surface area contributed by atoms with E-state index < -0.39 is 14.0 Å². The third-order valence-electron chi connectivity index (χ3n) is 5.71. The number of unbranched alkanes of at least 4 members (excludes halogenated alkanes) is 15. The summed E-state index contributed by atoms with van der Waals surface area (Å²) < 4.78 is 10.3. The number of aliphatic hydroxyl groups excluding tert-OH is 2. The molecule has 0 aromatic rings. The SMILES string of the molecule is CCCCCCCCCCCCCCCCCCOCC(CO)(CO)COP(O)O. The highest BCUT2D eigenvalue weighted by atomic mass is 31.2. The van der Waals surface area contributed by atoms with Gasteiger partial charge in [-0.25, -0.2) is 0 Å². The van der Waals surface area contributed by atoms with Crippen LogP contribution in [0.15, 0.2) is 0 Å². The first-order valence-electron chi connectivity index (χ1n) is 12.2. The van der Waals surface area contributed by atoms with E-state index in [0.717, 1.165) is 12.8 Å². The first-order valence-corrected chi connectivity index (χ1v) is 13.4. The number of ether oxygens (including phenoxy) is 1. The molecule has 6 nitrogen and oxygen atoms in total. The predicted molar refractivity (Wildman–Crippen MR) is 124 cm³/mol. The molecule has 0 bridgehead atoms. The smallest absolute Gasteiger partial charge is 0.327 e. The molecule has 0 aliphatic heterocycles. The van der Waals surface area contributed by atoms with Gasteiger partial charge in [-0.05, 0) is 6.42 Å². The minimum Gasteiger partial charge on any atom is -0.396 e. The molecule has 0 saturated heterocycles. The van der Waals surface area contributed by atoms with Crippen LogP contribution in [0.3, 0.4) is 0 Å². The molecule has 182 valence electrons. The summed E-state index contributed by atoms with van der Waals surface area (Å²) in [5.41, 5.74) is -0.985. The molecular formula is C23H49O6P. The molecule has 0 unspecified atom stereocenters. The van der Waals surface area contributed by atoms with E-state index in [0.29, 0.717) is 6.61 Å². The summed E-state index contributed by atoms with van der Waals surface area (Å²) in [5, 5.41) is 18.9. The van der Waals surface area contributed by atoms with E-state index >= 15 is 0 Å². The Labute approximate surface area is 186 Å². The van der Waals surface area contributed by atoms with Crippen molar-refractivity contribution in [3.8, 4) is 0 Å². The molecule has 0 aromatic carbocycles. The average molecular weight is 453 g/mol. The van der Waals surface area contributed by atoms with Crippen LogP contribution >= 0.6 is 8.60 Å². The minimum atomic E-state index is -2.49. The van der Waals surface area contributed by atoms with E-state index in [4.69, 9.17) is 19.0 Å². The van der Waals surface area contributed by atoms with Crippen LogP contribution in [-0.4, -0.2) is 53.0 Å². The summed E-state index contributed by atoms with van der Waals surface area (Å²) in [6.45, 7) is 2.19. The zero-order valence-corrected chi connectivity index (χ0v) is 20.3. The molecule has 30 heavy (non-hydrogen) atoms. The molecule has 0 aliphatic rings. The van der Waals surface area contributed by atoms with Crippen molar-refractivity contribution in [2.75, 3.05) is 33.0 Å². The number of rotatable bonds is 24. The standard InChI is InChI=1S/C23H49O6P/c1-2-3-4-5-6-7-8-9-10-11-12-13-14-15-16-17-18-28-21-23(19-24,20-25)22-29-30(26)27/h24-27H,2-22H2,1H3. The summed E-state index contributed by atoms with van der Waals surface area (Å²) in [6, 6.07) is 0. The molecule has 0 rings (SSSR count). The molecule has 4 N–H and O–H groups in total. The number of aliphatic hydroxyl groups is 2. The first kappa shape index (κ1) is 30.2. The van der Waals surface area contributed by atoms with Gasteiger partial charge in [-0.3, -0.25) is 0 Å². The molecule has 0 aromatic heterocycles. The molecule has 0 fully saturated rings. The van der Waals surface area contributed by atoms with E-state index in [1.807, 2.05) is 0 Å². The van der Waals surface area contributed by atoms with E-state index in [1.54, 1.807) is 0 Å². The van der Waals surface area contributed by atoms with Gasteiger partial charge in [0.05, 0.1) is 31.8 Å². The van der Waals surface area contributed by atoms with Gasteiger partial charge in [-0.1, -0.05) is 103 Å². The second-order valence-corrected chi connectivity index (χ2v) is 9.46. The van der Waals surface area contributed by atoms with Gasteiger partial charge in [0.1, 0.15) is 0 Å². The lowest BCUT2D eigenvalue weighted by Gasteiger charge is -2.29. The second kappa shape index (κ2) is 22.4. The summed E-state index contributed by atoms with van der Waals surface area (Å²) in [5.74, 6) is 0. The zero-order valence-electron chi connectivity index (χ0n) is 19.4. The molecule has 0 amide bonds. The van der Waals surface area contributed by atoms with Crippen LogP contribution in [0, 0.1) is 5.41 Å². The van der Waals surface area contributed by atoms with Crippen LogP contribution in [-0.2, 0) is 9.26 Å². The second-order valence-electron chi connectivity index (χ2n) is 8.70. The molecule has 0 heterocycles. The van der Waals surface area contributed by atoms with Crippen LogP contribution in [0.1, 0.15) is 110 Å². The number of hydrogen-bond acceptors (Lipinski definition) is 6. The maximum Gasteiger partial charge on any atom is 0.327 e. The lowest BCUT2D eigenvalue weighted by atomic mass is 9.93. The molecule has 0 aliphatic carbocycles. The molecule has 0 atom stereocenters. The fourth-order valence-corrected chi connectivity index (χ4v) is 3.90. The Balaban J connectivity index is 3.37. The van der Waals surface area contributed by atoms with Gasteiger partial charge < -0.3 is 29.3 Å². The molecule has 0 spiro atoms. The van der Waals surface area contributed by atoms with Crippen molar-refractivity contribution in [2.24, 2.45) is 5.41 Å². The molecule has 7 heteroatoms. The van der Waals surface area contributed by atoms with Crippen LogP contribution in [0.5, 0.6) is 0 Å². The van der Waals surface area contributed by atoms with E-state index in [9.17, 15) is 10.2 Å². The van der Waals surface area contributed by atoms with Crippen molar-refractivity contribution in [1.29, 1.82) is 0 Å². The fourth-order valence-electron chi connectivity index (χ4n) is 3.51. The van der Waals surface area contributed by atoms with Gasteiger partial charge in [0.25, 0.3) is 0 Å². The molecule has 0 saturated carbocycles. The highest BCUT2D eigenvalue weighted by Gasteiger charge is 2.31. The Morgan fingerprint density at radius 3 is 1.37 bits per heavy atom. The largest absolute Gasteiger partial charge is 0.396 e. The highest BCUT2D eigenvalue weighted by molar-refractivity contribution is 7.39. The lowest BCUT2D eigenvalue weighted by molar-refractivity contribution is -0.0541. The van der Waals surface area contributed by atoms with Crippen molar-refractivity contribution < 1.29 is 29.3 Å². The normalized spacial score (nSPS) is 12.2. The Morgan fingerprint density at radius 2 is 1.00 bits per heavy atom. The Bertz CT molecular complexity index is 340. The molecular weight excluding hydrogens is 403 g/mol. The first-order chi connectivity index (χ1) is 14.6. The van der Waals surface area contributed by atoms with Gasteiger partial charge in [-0.15, -0.1) is 0 Å². The molecule has 0 radical (unpaired) electrons. The Hall–Kier alpha value is 0.190. The Kier molecular flexibility index (Phi) is 22.5. The monoisotopic (exact) mass is 452 g/mol. The lowest BCUT2D eigenvalue weighted by Crippen LogP contribution is -2.39. The van der Waals surface area contributed by atoms with Crippen LogP contribution in [0.4, 0.5) is 0 Å². The van der Waals surface area contributed by atoms with Crippen molar-refractivity contribution in [2.45, 2.75) is 110 Å². The van der Waals surface area contributed by atoms with Crippen LogP contribution in [0.2, 0.25) is 0 Å². The van der Waals surface area contributed by atoms with Gasteiger partial charge >= 0.3 is 8.60 Å². The van der Waals surface area contributed by atoms with E-state index in [1.165, 1.54) is 89.9 Å². The van der Waals surface area contributed by atoms with Gasteiger partial charge in [0.15, 0.2) is 0 Å². The average Bonchev–Trinajstić information content (AvgIpc) is 2.75. The van der Waals surface area contributed by atoms with Crippen molar-refractivity contribution in [3.05, 3.63) is 0 Å². The maximum absolute atomic E-state index is 9.46. The van der Waals surface area contributed by atoms with E-state index in [-0.39, 0.29) is 26.4 Å². The van der Waals surface area contributed by atoms with Crippen LogP contribution in [0.25, 0.3) is 0 Å². The van der Waals surface area contributed by atoms with Crippen molar-refractivity contribution in [1.82, 2.24) is 0 Å². The highest BCUT2D eigenvalue weighted by Crippen LogP contribution is 2.29. The third-order valence-corrected chi connectivity index (χ3v) is 6.07. The summed E-state index contributed by atoms with van der Waals surface area (Å²) >= 11 is 0. The topological polar surface area (TPSA) is 99.4 Å². The van der Waals surface area contributed by atoms with E-state index in [2.05, 4.69) is 6.92 Å².